The summed E-state index contributed by atoms with van der Waals surface area (Å²) in [6.45, 7) is 6.55. The van der Waals surface area contributed by atoms with Crippen LogP contribution in [-0.2, 0) is 0 Å². The zero-order valence-electron chi connectivity index (χ0n) is 17.2. The molecule has 3 aromatic carbocycles. The summed E-state index contributed by atoms with van der Waals surface area (Å²) < 4.78 is 0. The summed E-state index contributed by atoms with van der Waals surface area (Å²) in [5.41, 5.74) is 0. The Labute approximate surface area is 170 Å². The van der Waals surface area contributed by atoms with Crippen LogP contribution in [-0.4, -0.2) is 17.4 Å². The molecule has 0 spiro atoms. The summed E-state index contributed by atoms with van der Waals surface area (Å²) in [6, 6.07) is 32.8. The van der Waals surface area contributed by atoms with E-state index in [0.29, 0.717) is 5.92 Å². The molecule has 0 saturated carbocycles. The topological polar surface area (TPSA) is 20.2 Å². The van der Waals surface area contributed by atoms with Gasteiger partial charge < -0.3 is 5.11 Å². The summed E-state index contributed by atoms with van der Waals surface area (Å²) in [5.74, 6) is 0.517. The maximum atomic E-state index is 11.0. The van der Waals surface area contributed by atoms with Gasteiger partial charge in [-0.2, -0.15) is 0 Å². The summed E-state index contributed by atoms with van der Waals surface area (Å²) in [7, 11) is -1.87. The first-order chi connectivity index (χ1) is 13.6. The van der Waals surface area contributed by atoms with E-state index in [2.05, 4.69) is 112 Å². The van der Waals surface area contributed by atoms with Crippen LogP contribution < -0.4 is 15.9 Å². The second-order valence-electron chi connectivity index (χ2n) is 7.85. The molecular formula is C26H32OP+. The molecule has 3 rings (SSSR count). The summed E-state index contributed by atoms with van der Waals surface area (Å²) in [4.78, 5) is 0. The molecule has 3 atom stereocenters. The van der Waals surface area contributed by atoms with E-state index in [4.69, 9.17) is 0 Å². The summed E-state index contributed by atoms with van der Waals surface area (Å²) >= 11 is 0. The number of benzene rings is 3. The first-order valence-corrected chi connectivity index (χ1v) is 12.3. The minimum atomic E-state index is -1.87. The van der Waals surface area contributed by atoms with Gasteiger partial charge in [-0.15, -0.1) is 0 Å². The zero-order valence-corrected chi connectivity index (χ0v) is 18.1. The molecule has 3 aromatic rings. The van der Waals surface area contributed by atoms with Gasteiger partial charge in [-0.05, 0) is 42.3 Å². The van der Waals surface area contributed by atoms with Gasteiger partial charge in [-0.3, -0.25) is 0 Å². The molecular weight excluding hydrogens is 361 g/mol. The van der Waals surface area contributed by atoms with Gasteiger partial charge in [-0.25, -0.2) is 0 Å². The van der Waals surface area contributed by atoms with Crippen LogP contribution in [0.2, 0.25) is 0 Å². The van der Waals surface area contributed by atoms with Crippen LogP contribution in [0.1, 0.15) is 27.2 Å². The Bertz CT molecular complexity index is 735. The average molecular weight is 394 g/mol. The Balaban J connectivity index is 2.19. The van der Waals surface area contributed by atoms with Gasteiger partial charge in [0.05, 0.1) is 12.3 Å². The predicted molar refractivity (Wildman–Crippen MR) is 125 cm³/mol. The van der Waals surface area contributed by atoms with E-state index in [-0.39, 0.29) is 12.0 Å². The van der Waals surface area contributed by atoms with Gasteiger partial charge >= 0.3 is 0 Å². The van der Waals surface area contributed by atoms with Crippen LogP contribution in [0.25, 0.3) is 0 Å². The van der Waals surface area contributed by atoms with Crippen molar-refractivity contribution in [3.8, 4) is 0 Å². The molecule has 2 heteroatoms. The van der Waals surface area contributed by atoms with E-state index in [1.54, 1.807) is 0 Å². The highest BCUT2D eigenvalue weighted by Crippen LogP contribution is 2.57. The largest absolute Gasteiger partial charge is 0.392 e. The van der Waals surface area contributed by atoms with Crippen LogP contribution >= 0.6 is 7.26 Å². The molecule has 0 bridgehead atoms. The Morgan fingerprint density at radius 1 is 0.714 bits per heavy atom. The van der Waals surface area contributed by atoms with Crippen LogP contribution in [0.4, 0.5) is 0 Å². The molecule has 0 aromatic heterocycles. The fourth-order valence-electron chi connectivity index (χ4n) is 4.15. The molecule has 0 radical (unpaired) electrons. The standard InChI is InChI=1S/C26H32OP/c1-4-21(2)26(27)22(3)20-28(23-14-8-5-9-15-23,24-16-10-6-11-17-24)25-18-12-7-13-19-25/h5-19,21-22,26-27H,4,20H2,1-3H3/q+1/t21-,22-,26+/m0/s1/i20+2. The Morgan fingerprint density at radius 3 is 1.39 bits per heavy atom. The quantitative estimate of drug-likeness (QED) is 0.533. The highest BCUT2D eigenvalue weighted by atomic mass is 31.2. The second-order valence-corrected chi connectivity index (χ2v) is 11.4. The van der Waals surface area contributed by atoms with Crippen molar-refractivity contribution in [3.05, 3.63) is 91.0 Å². The van der Waals surface area contributed by atoms with E-state index >= 15 is 0 Å². The molecule has 0 aliphatic carbocycles. The van der Waals surface area contributed by atoms with E-state index in [0.717, 1.165) is 12.6 Å². The maximum Gasteiger partial charge on any atom is 0.112 e. The molecule has 0 saturated heterocycles. The minimum absolute atomic E-state index is 0.212. The van der Waals surface area contributed by atoms with Crippen LogP contribution in [0, 0.1) is 11.8 Å². The van der Waals surface area contributed by atoms with E-state index < -0.39 is 7.26 Å². The van der Waals surface area contributed by atoms with Crippen LogP contribution in [0.3, 0.4) is 0 Å². The van der Waals surface area contributed by atoms with E-state index in [1.165, 1.54) is 15.9 Å². The highest BCUT2D eigenvalue weighted by Gasteiger charge is 2.47. The van der Waals surface area contributed by atoms with Crippen molar-refractivity contribution in [3.63, 3.8) is 0 Å². The van der Waals surface area contributed by atoms with Crippen LogP contribution in [0.5, 0.6) is 0 Å². The van der Waals surface area contributed by atoms with Crippen molar-refractivity contribution < 1.29 is 5.11 Å². The Hall–Kier alpha value is -1.95. The number of hydrogen-bond acceptors (Lipinski definition) is 1. The molecule has 0 heterocycles. The monoisotopic (exact) mass is 393 g/mol. The lowest BCUT2D eigenvalue weighted by Crippen LogP contribution is -2.38. The third-order valence-corrected chi connectivity index (χ3v) is 10.6. The first-order valence-electron chi connectivity index (χ1n) is 10.3. The Kier molecular flexibility index (Phi) is 7.05. The van der Waals surface area contributed by atoms with Crippen molar-refractivity contribution in [2.45, 2.75) is 33.3 Å². The average Bonchev–Trinajstić information content (AvgIpc) is 2.78. The molecule has 28 heavy (non-hydrogen) atoms. The van der Waals surface area contributed by atoms with Gasteiger partial charge in [0.15, 0.2) is 0 Å². The van der Waals surface area contributed by atoms with E-state index in [1.807, 2.05) is 0 Å². The molecule has 1 nitrogen and oxygen atoms in total. The van der Waals surface area contributed by atoms with Crippen molar-refractivity contribution in [2.24, 2.45) is 11.8 Å². The minimum Gasteiger partial charge on any atom is -0.392 e. The lowest BCUT2D eigenvalue weighted by molar-refractivity contribution is 0.0721. The van der Waals surface area contributed by atoms with Crippen molar-refractivity contribution in [1.82, 2.24) is 0 Å². The van der Waals surface area contributed by atoms with Gasteiger partial charge in [0.2, 0.25) is 0 Å². The molecule has 1 N–H and O–H groups in total. The van der Waals surface area contributed by atoms with Gasteiger partial charge in [0.25, 0.3) is 0 Å². The smallest absolute Gasteiger partial charge is 0.112 e. The van der Waals surface area contributed by atoms with Gasteiger partial charge in [0.1, 0.15) is 23.2 Å². The molecule has 146 valence electrons. The fourth-order valence-corrected chi connectivity index (χ4v) is 8.80. The summed E-state index contributed by atoms with van der Waals surface area (Å²) in [5, 5.41) is 15.2. The molecule has 0 amide bonds. The molecule has 0 aliphatic rings. The highest BCUT2D eigenvalue weighted by molar-refractivity contribution is 7.95. The van der Waals surface area contributed by atoms with Crippen LogP contribution in [0.15, 0.2) is 91.0 Å². The van der Waals surface area contributed by atoms with Crippen molar-refractivity contribution in [2.75, 3.05) is 6.16 Å². The SMILES string of the molecule is CC[C@H](C)[C@@H](O)[C@@H](C)[14CH2][P+](c1ccccc1)(c1ccccc1)c1ccccc1. The lowest BCUT2D eigenvalue weighted by Gasteiger charge is -2.33. The molecule has 0 fully saturated rings. The molecule has 0 unspecified atom stereocenters. The van der Waals surface area contributed by atoms with E-state index in [9.17, 15) is 5.11 Å². The third kappa shape index (κ3) is 4.22. The lowest BCUT2D eigenvalue weighted by atomic mass is 9.97. The maximum absolute atomic E-state index is 11.0. The third-order valence-electron chi connectivity index (χ3n) is 5.96. The normalized spacial score (nSPS) is 15.0. The Morgan fingerprint density at radius 2 is 1.07 bits per heavy atom. The zero-order chi connectivity index (χ0) is 20.0. The second kappa shape index (κ2) is 9.50. The van der Waals surface area contributed by atoms with Crippen molar-refractivity contribution >= 4 is 23.2 Å². The van der Waals surface area contributed by atoms with Gasteiger partial charge in [0, 0.05) is 5.92 Å². The number of aliphatic hydroxyl groups is 1. The fraction of sp³-hybridized carbons (Fsp3) is 0.308. The van der Waals surface area contributed by atoms with Gasteiger partial charge in [-0.1, -0.05) is 81.8 Å². The summed E-state index contributed by atoms with van der Waals surface area (Å²) in [6.07, 6.45) is 1.68. The number of aliphatic hydroxyl groups excluding tert-OH is 1. The number of rotatable bonds is 8. The molecule has 0 aliphatic heterocycles. The predicted octanol–water partition coefficient (Wildman–Crippen LogP) is 5.02. The first kappa shape index (κ1) is 20.8. The van der Waals surface area contributed by atoms with Crippen molar-refractivity contribution in [1.29, 1.82) is 0 Å². The number of hydrogen-bond donors (Lipinski definition) is 1.